The van der Waals surface area contributed by atoms with Crippen molar-refractivity contribution in [1.29, 1.82) is 0 Å². The normalized spacial score (nSPS) is 18.0. The number of piperazine rings is 1. The Kier molecular flexibility index (Phi) is 7.16. The molecule has 1 saturated heterocycles. The quantitative estimate of drug-likeness (QED) is 0.529. The molecular formula is C28H30FN3OS. The van der Waals surface area contributed by atoms with Crippen molar-refractivity contribution in [3.63, 3.8) is 0 Å². The highest BCUT2D eigenvalue weighted by Crippen LogP contribution is 2.39. The van der Waals surface area contributed by atoms with E-state index in [1.165, 1.54) is 33.7 Å². The molecular weight excluding hydrogens is 445 g/mol. The number of thioether (sulfide) groups is 1. The summed E-state index contributed by atoms with van der Waals surface area (Å²) in [6.45, 7) is 4.67. The smallest absolute Gasteiger partial charge is 0.220 e. The van der Waals surface area contributed by atoms with E-state index in [1.54, 1.807) is 0 Å². The van der Waals surface area contributed by atoms with E-state index in [0.717, 1.165) is 50.6 Å². The minimum Gasteiger partial charge on any atom is -0.369 e. The highest BCUT2D eigenvalue weighted by molar-refractivity contribution is 7.98. The van der Waals surface area contributed by atoms with Gasteiger partial charge in [0.15, 0.2) is 0 Å². The average molecular weight is 476 g/mol. The van der Waals surface area contributed by atoms with Gasteiger partial charge in [-0.15, -0.1) is 11.8 Å². The van der Waals surface area contributed by atoms with E-state index in [9.17, 15) is 9.18 Å². The number of fused-ring (bicyclic) bond motifs is 2. The number of hydrogen-bond acceptors (Lipinski definition) is 4. The molecule has 1 amide bonds. The number of halogens is 1. The van der Waals surface area contributed by atoms with Crippen LogP contribution in [-0.4, -0.2) is 43.5 Å². The molecule has 4 nitrogen and oxygen atoms in total. The third kappa shape index (κ3) is 5.29. The van der Waals surface area contributed by atoms with Gasteiger partial charge in [0, 0.05) is 48.9 Å². The molecule has 3 aromatic carbocycles. The second kappa shape index (κ2) is 10.6. The van der Waals surface area contributed by atoms with Crippen molar-refractivity contribution in [1.82, 2.24) is 10.2 Å². The Balaban J connectivity index is 1.14. The molecule has 6 heteroatoms. The number of nitrogens with one attached hydrogen (secondary N) is 1. The maximum Gasteiger partial charge on any atom is 0.220 e. The van der Waals surface area contributed by atoms with Crippen molar-refractivity contribution >= 4 is 23.4 Å². The molecule has 2 aliphatic rings. The van der Waals surface area contributed by atoms with Crippen molar-refractivity contribution in [3.05, 3.63) is 95.3 Å². The van der Waals surface area contributed by atoms with Gasteiger partial charge in [-0.2, -0.15) is 0 Å². The Bertz CT molecular complexity index is 1080. The zero-order valence-electron chi connectivity index (χ0n) is 19.3. The summed E-state index contributed by atoms with van der Waals surface area (Å²) in [7, 11) is 0. The van der Waals surface area contributed by atoms with Crippen molar-refractivity contribution < 1.29 is 9.18 Å². The van der Waals surface area contributed by atoms with Gasteiger partial charge in [0.1, 0.15) is 5.82 Å². The van der Waals surface area contributed by atoms with Gasteiger partial charge in [-0.05, 0) is 60.0 Å². The number of amides is 1. The van der Waals surface area contributed by atoms with Crippen LogP contribution >= 0.6 is 11.8 Å². The topological polar surface area (TPSA) is 35.6 Å². The predicted molar refractivity (Wildman–Crippen MR) is 137 cm³/mol. The molecule has 1 fully saturated rings. The molecule has 34 heavy (non-hydrogen) atoms. The Morgan fingerprint density at radius 2 is 1.62 bits per heavy atom. The van der Waals surface area contributed by atoms with E-state index in [-0.39, 0.29) is 17.8 Å². The number of anilines is 1. The summed E-state index contributed by atoms with van der Waals surface area (Å²) in [5.74, 6) is 0.824. The van der Waals surface area contributed by atoms with Crippen LogP contribution in [0, 0.1) is 5.82 Å². The van der Waals surface area contributed by atoms with Crippen molar-refractivity contribution in [3.8, 4) is 0 Å². The molecule has 1 N–H and O–H groups in total. The Morgan fingerprint density at radius 1 is 0.912 bits per heavy atom. The van der Waals surface area contributed by atoms with Crippen LogP contribution in [0.2, 0.25) is 0 Å². The molecule has 0 radical (unpaired) electrons. The molecule has 176 valence electrons. The Labute approximate surface area is 205 Å². The van der Waals surface area contributed by atoms with Crippen LogP contribution in [0.15, 0.2) is 77.7 Å². The van der Waals surface area contributed by atoms with Gasteiger partial charge in [0.2, 0.25) is 5.91 Å². The highest BCUT2D eigenvalue weighted by Gasteiger charge is 2.25. The minimum absolute atomic E-state index is 0.103. The monoisotopic (exact) mass is 475 g/mol. The third-order valence-electron chi connectivity index (χ3n) is 6.73. The Hall–Kier alpha value is -2.83. The molecule has 1 atom stereocenters. The molecule has 0 saturated carbocycles. The van der Waals surface area contributed by atoms with Gasteiger partial charge < -0.3 is 10.2 Å². The lowest BCUT2D eigenvalue weighted by molar-refractivity contribution is -0.121. The summed E-state index contributed by atoms with van der Waals surface area (Å²) in [5.41, 5.74) is 4.74. The lowest BCUT2D eigenvalue weighted by Gasteiger charge is -2.36. The maximum absolute atomic E-state index is 13.2. The second-order valence-electron chi connectivity index (χ2n) is 8.93. The van der Waals surface area contributed by atoms with Gasteiger partial charge in [0.25, 0.3) is 0 Å². The lowest BCUT2D eigenvalue weighted by Crippen LogP contribution is -2.46. The van der Waals surface area contributed by atoms with Gasteiger partial charge in [0.05, 0.1) is 6.04 Å². The largest absolute Gasteiger partial charge is 0.369 e. The maximum atomic E-state index is 13.2. The van der Waals surface area contributed by atoms with Crippen LogP contribution < -0.4 is 10.2 Å². The Morgan fingerprint density at radius 3 is 2.41 bits per heavy atom. The van der Waals surface area contributed by atoms with E-state index >= 15 is 0 Å². The second-order valence-corrected chi connectivity index (χ2v) is 9.95. The summed E-state index contributed by atoms with van der Waals surface area (Å²) >= 11 is 1.84. The first-order valence-electron chi connectivity index (χ1n) is 12.0. The zero-order chi connectivity index (χ0) is 23.3. The number of hydrogen-bond donors (Lipinski definition) is 1. The molecule has 0 spiro atoms. The molecule has 5 rings (SSSR count). The predicted octanol–water partition coefficient (Wildman–Crippen LogP) is 5.24. The number of benzene rings is 3. The number of rotatable bonds is 6. The van der Waals surface area contributed by atoms with Crippen molar-refractivity contribution in [2.24, 2.45) is 0 Å². The van der Waals surface area contributed by atoms with E-state index < -0.39 is 0 Å². The van der Waals surface area contributed by atoms with Crippen LogP contribution in [0.5, 0.6) is 0 Å². The summed E-state index contributed by atoms with van der Waals surface area (Å²) in [4.78, 5) is 18.9. The molecule has 0 aromatic heterocycles. The van der Waals surface area contributed by atoms with Crippen molar-refractivity contribution in [2.45, 2.75) is 29.5 Å². The standard InChI is InChI=1S/C28H30FN3OS/c29-22-11-13-23(14-12-22)32-18-16-31(17-19-32)15-5-10-27(33)30-28-24-7-2-1-6-21(24)20-34-26-9-4-3-8-25(26)28/h1-4,6-9,11-14,28H,5,10,15-20H2,(H,30,33)/t28-/m0/s1. The van der Waals surface area contributed by atoms with Crippen LogP contribution in [0.4, 0.5) is 10.1 Å². The van der Waals surface area contributed by atoms with Gasteiger partial charge in [-0.25, -0.2) is 4.39 Å². The fourth-order valence-corrected chi connectivity index (χ4v) is 5.96. The number of nitrogens with zero attached hydrogens (tertiary/aromatic N) is 2. The van der Waals surface area contributed by atoms with Gasteiger partial charge in [-0.1, -0.05) is 42.5 Å². The molecule has 0 unspecified atom stereocenters. The van der Waals surface area contributed by atoms with Crippen LogP contribution in [0.25, 0.3) is 0 Å². The molecule has 2 heterocycles. The first-order chi connectivity index (χ1) is 16.7. The summed E-state index contributed by atoms with van der Waals surface area (Å²) in [6, 6.07) is 23.5. The first kappa shape index (κ1) is 22.9. The summed E-state index contributed by atoms with van der Waals surface area (Å²) in [6.07, 6.45) is 1.36. The average Bonchev–Trinajstić information content (AvgIpc) is 3.02. The molecule has 3 aromatic rings. The molecule has 0 aliphatic carbocycles. The van der Waals surface area contributed by atoms with E-state index in [0.29, 0.717) is 6.42 Å². The van der Waals surface area contributed by atoms with Crippen LogP contribution in [-0.2, 0) is 10.5 Å². The van der Waals surface area contributed by atoms with Gasteiger partial charge >= 0.3 is 0 Å². The lowest BCUT2D eigenvalue weighted by atomic mass is 9.95. The van der Waals surface area contributed by atoms with E-state index in [2.05, 4.69) is 63.6 Å². The van der Waals surface area contributed by atoms with Crippen LogP contribution in [0.3, 0.4) is 0 Å². The summed E-state index contributed by atoms with van der Waals surface area (Å²) in [5, 5.41) is 3.33. The fourth-order valence-electron chi connectivity index (χ4n) is 4.85. The van der Waals surface area contributed by atoms with Crippen LogP contribution in [0.1, 0.15) is 35.6 Å². The van der Waals surface area contributed by atoms with E-state index in [4.69, 9.17) is 0 Å². The molecule has 0 bridgehead atoms. The van der Waals surface area contributed by atoms with Crippen molar-refractivity contribution in [2.75, 3.05) is 37.6 Å². The fraction of sp³-hybridized carbons (Fsp3) is 0.321. The van der Waals surface area contributed by atoms with Gasteiger partial charge in [-0.3, -0.25) is 9.69 Å². The van der Waals surface area contributed by atoms with E-state index in [1.807, 2.05) is 23.9 Å². The minimum atomic E-state index is -0.199. The number of carbonyl (C=O) groups is 1. The number of carbonyl (C=O) groups excluding carboxylic acids is 1. The molecule has 2 aliphatic heterocycles. The highest BCUT2D eigenvalue weighted by atomic mass is 32.2. The SMILES string of the molecule is O=C(CCCN1CCN(c2ccc(F)cc2)CC1)N[C@H]1c2ccccc2CSc2ccccc21. The third-order valence-corrected chi connectivity index (χ3v) is 7.86. The first-order valence-corrected chi connectivity index (χ1v) is 13.0. The summed E-state index contributed by atoms with van der Waals surface area (Å²) < 4.78 is 13.2. The zero-order valence-corrected chi connectivity index (χ0v) is 20.1.